The van der Waals surface area contributed by atoms with Crippen molar-refractivity contribution >= 4 is 0 Å². The molecule has 3 heterocycles. The molecule has 0 aliphatic carbocycles. The van der Waals surface area contributed by atoms with Crippen molar-refractivity contribution in [1.29, 1.82) is 0 Å². The molecule has 0 aromatic rings. The summed E-state index contributed by atoms with van der Waals surface area (Å²) in [6.07, 6.45) is 7.19. The van der Waals surface area contributed by atoms with Gasteiger partial charge in [-0.15, -0.1) is 0 Å². The van der Waals surface area contributed by atoms with Crippen molar-refractivity contribution in [2.24, 2.45) is 0 Å². The lowest BCUT2D eigenvalue weighted by Gasteiger charge is -2.33. The van der Waals surface area contributed by atoms with Crippen LogP contribution in [0, 0.1) is 0 Å². The summed E-state index contributed by atoms with van der Waals surface area (Å²) < 4.78 is 0. The number of likely N-dealkylation sites (N-methyl/N-ethyl adjacent to an activating group) is 1. The van der Waals surface area contributed by atoms with E-state index >= 15 is 0 Å². The Balaban J connectivity index is 1.24. The first kappa shape index (κ1) is 17.4. The molecule has 132 valence electrons. The van der Waals surface area contributed by atoms with Gasteiger partial charge < -0.3 is 4.90 Å². The van der Waals surface area contributed by atoms with Crippen molar-refractivity contribution in [2.45, 2.75) is 12.8 Å². The lowest BCUT2D eigenvalue weighted by Crippen LogP contribution is -2.46. The van der Waals surface area contributed by atoms with Crippen molar-refractivity contribution in [3.63, 3.8) is 0 Å². The zero-order valence-corrected chi connectivity index (χ0v) is 15.0. The fourth-order valence-electron chi connectivity index (χ4n) is 3.84. The van der Waals surface area contributed by atoms with Crippen LogP contribution in [0.2, 0.25) is 0 Å². The van der Waals surface area contributed by atoms with E-state index in [1.54, 1.807) is 0 Å². The van der Waals surface area contributed by atoms with Crippen LogP contribution in [0.3, 0.4) is 0 Å². The maximum Gasteiger partial charge on any atom is 0.0507 e. The highest BCUT2D eigenvalue weighted by Crippen LogP contribution is 2.08. The van der Waals surface area contributed by atoms with E-state index < -0.39 is 0 Å². The Morgan fingerprint density at radius 1 is 0.652 bits per heavy atom. The van der Waals surface area contributed by atoms with E-state index in [1.165, 1.54) is 91.5 Å². The fourth-order valence-corrected chi connectivity index (χ4v) is 3.84. The summed E-state index contributed by atoms with van der Waals surface area (Å²) in [6.45, 7) is 16.1. The smallest absolute Gasteiger partial charge is 0.0507 e. The van der Waals surface area contributed by atoms with Crippen LogP contribution in [-0.4, -0.2) is 117 Å². The lowest BCUT2D eigenvalue weighted by atomic mass is 10.2. The molecule has 3 aliphatic rings. The number of hydrogen-bond donors (Lipinski definition) is 0. The molecule has 2 saturated heterocycles. The van der Waals surface area contributed by atoms with Crippen molar-refractivity contribution in [2.75, 3.05) is 92.3 Å². The first-order valence-electron chi connectivity index (χ1n) is 9.52. The Hall–Kier alpha value is -0.460. The van der Waals surface area contributed by atoms with Crippen LogP contribution in [0.5, 0.6) is 0 Å². The molecule has 0 unspecified atom stereocenters. The zero-order valence-electron chi connectivity index (χ0n) is 15.0. The quantitative estimate of drug-likeness (QED) is 0.632. The third-order valence-electron chi connectivity index (χ3n) is 5.55. The number of rotatable bonds is 7. The minimum Gasteiger partial charge on any atom is -0.304 e. The van der Waals surface area contributed by atoms with Crippen LogP contribution >= 0.6 is 0 Å². The third-order valence-corrected chi connectivity index (χ3v) is 5.55. The second-order valence-electron chi connectivity index (χ2n) is 7.44. The van der Waals surface area contributed by atoms with Gasteiger partial charge in [-0.3, -0.25) is 19.6 Å². The summed E-state index contributed by atoms with van der Waals surface area (Å²) in [6, 6.07) is 0. The summed E-state index contributed by atoms with van der Waals surface area (Å²) in [7, 11) is 2.23. The van der Waals surface area contributed by atoms with Gasteiger partial charge in [0.05, 0.1) is 6.67 Å². The average Bonchev–Trinajstić information content (AvgIpc) is 3.03. The number of nitrogens with zero attached hydrogens (tertiary/aromatic N) is 5. The molecule has 0 N–H and O–H groups in total. The van der Waals surface area contributed by atoms with Gasteiger partial charge in [-0.1, -0.05) is 12.2 Å². The van der Waals surface area contributed by atoms with Crippen molar-refractivity contribution in [1.82, 2.24) is 24.5 Å². The lowest BCUT2D eigenvalue weighted by molar-refractivity contribution is 0.135. The molecule has 0 spiro atoms. The highest BCUT2D eigenvalue weighted by atomic mass is 15.4. The van der Waals surface area contributed by atoms with Gasteiger partial charge in [-0.05, 0) is 26.4 Å². The van der Waals surface area contributed by atoms with Crippen LogP contribution in [0.1, 0.15) is 12.8 Å². The van der Waals surface area contributed by atoms with E-state index in [9.17, 15) is 0 Å². The average molecular weight is 322 g/mol. The molecule has 5 heteroatoms. The number of hydrogen-bond acceptors (Lipinski definition) is 5. The van der Waals surface area contributed by atoms with Crippen LogP contribution in [0.15, 0.2) is 12.2 Å². The summed E-state index contributed by atoms with van der Waals surface area (Å²) in [5, 5.41) is 0. The standard InChI is InChI=1S/C18H35N5/c1-19-10-12-21(13-11-19)14-15-23-17-16-22(18-23)9-5-8-20-6-3-2-4-7-20/h2-3H,4-18H2,1H3. The highest BCUT2D eigenvalue weighted by Gasteiger charge is 2.21. The van der Waals surface area contributed by atoms with E-state index in [4.69, 9.17) is 0 Å². The van der Waals surface area contributed by atoms with E-state index in [2.05, 4.69) is 43.7 Å². The SMILES string of the molecule is CN1CCN(CCN2CCN(CCCN3CC=CCC3)C2)CC1. The number of piperazine rings is 1. The van der Waals surface area contributed by atoms with Gasteiger partial charge in [0.25, 0.3) is 0 Å². The first-order chi connectivity index (χ1) is 11.3. The highest BCUT2D eigenvalue weighted by molar-refractivity contribution is 4.90. The zero-order chi connectivity index (χ0) is 15.9. The second kappa shape index (κ2) is 9.14. The molecule has 0 saturated carbocycles. The predicted molar refractivity (Wildman–Crippen MR) is 96.8 cm³/mol. The summed E-state index contributed by atoms with van der Waals surface area (Å²) in [4.78, 5) is 12.9. The third kappa shape index (κ3) is 5.84. The van der Waals surface area contributed by atoms with E-state index in [1.807, 2.05) is 0 Å². The summed E-state index contributed by atoms with van der Waals surface area (Å²) >= 11 is 0. The molecular weight excluding hydrogens is 286 g/mol. The molecule has 0 amide bonds. The van der Waals surface area contributed by atoms with Crippen LogP contribution in [-0.2, 0) is 0 Å². The van der Waals surface area contributed by atoms with Gasteiger partial charge in [-0.25, -0.2) is 0 Å². The van der Waals surface area contributed by atoms with Gasteiger partial charge in [0, 0.05) is 72.0 Å². The van der Waals surface area contributed by atoms with E-state index in [-0.39, 0.29) is 0 Å². The van der Waals surface area contributed by atoms with Crippen LogP contribution < -0.4 is 0 Å². The summed E-state index contributed by atoms with van der Waals surface area (Å²) in [5.74, 6) is 0. The Kier molecular flexibility index (Phi) is 6.90. The molecule has 23 heavy (non-hydrogen) atoms. The molecule has 3 aliphatic heterocycles. The molecule has 0 radical (unpaired) electrons. The van der Waals surface area contributed by atoms with Crippen LogP contribution in [0.25, 0.3) is 0 Å². The molecule has 0 atom stereocenters. The van der Waals surface area contributed by atoms with Crippen molar-refractivity contribution in [3.8, 4) is 0 Å². The van der Waals surface area contributed by atoms with Crippen molar-refractivity contribution < 1.29 is 0 Å². The fraction of sp³-hybridized carbons (Fsp3) is 0.889. The molecular formula is C18H35N5. The minimum absolute atomic E-state index is 1.16. The Morgan fingerprint density at radius 3 is 2.04 bits per heavy atom. The van der Waals surface area contributed by atoms with Gasteiger partial charge in [0.15, 0.2) is 0 Å². The van der Waals surface area contributed by atoms with E-state index in [0.717, 1.165) is 6.54 Å². The van der Waals surface area contributed by atoms with E-state index in [0.29, 0.717) is 0 Å². The monoisotopic (exact) mass is 321 g/mol. The molecule has 0 aromatic carbocycles. The Morgan fingerprint density at radius 2 is 1.30 bits per heavy atom. The van der Waals surface area contributed by atoms with Gasteiger partial charge in [0.1, 0.15) is 0 Å². The molecule has 2 fully saturated rings. The molecule has 0 bridgehead atoms. The second-order valence-corrected chi connectivity index (χ2v) is 7.44. The molecule has 5 nitrogen and oxygen atoms in total. The predicted octanol–water partition coefficient (Wildman–Crippen LogP) is 0.461. The Labute approximate surface area is 142 Å². The summed E-state index contributed by atoms with van der Waals surface area (Å²) in [5.41, 5.74) is 0. The molecule has 0 aromatic heterocycles. The minimum atomic E-state index is 1.16. The molecule has 3 rings (SSSR count). The topological polar surface area (TPSA) is 16.2 Å². The van der Waals surface area contributed by atoms with Gasteiger partial charge >= 0.3 is 0 Å². The largest absolute Gasteiger partial charge is 0.304 e. The maximum absolute atomic E-state index is 2.64. The van der Waals surface area contributed by atoms with Crippen molar-refractivity contribution in [3.05, 3.63) is 12.2 Å². The van der Waals surface area contributed by atoms with Crippen LogP contribution in [0.4, 0.5) is 0 Å². The van der Waals surface area contributed by atoms with Gasteiger partial charge in [-0.2, -0.15) is 0 Å². The first-order valence-corrected chi connectivity index (χ1v) is 9.52. The normalized spacial score (nSPS) is 26.3. The van der Waals surface area contributed by atoms with Gasteiger partial charge in [0.2, 0.25) is 0 Å². The Bertz CT molecular complexity index is 364. The maximum atomic E-state index is 2.64.